The molecule has 1 atom stereocenters. The standard InChI is InChI=1S/C9H16BrN3O/c1-3-11-5-9(7-14-2)13-6-8(10)4-12-13/h4,6,9,11H,3,5,7H2,1-2H3. The van der Waals surface area contributed by atoms with E-state index in [0.717, 1.165) is 17.6 Å². The van der Waals surface area contributed by atoms with Crippen molar-refractivity contribution in [1.29, 1.82) is 0 Å². The lowest BCUT2D eigenvalue weighted by Gasteiger charge is -2.16. The average Bonchev–Trinajstić information content (AvgIpc) is 2.59. The highest BCUT2D eigenvalue weighted by molar-refractivity contribution is 9.10. The van der Waals surface area contributed by atoms with Crippen LogP contribution >= 0.6 is 15.9 Å². The van der Waals surface area contributed by atoms with E-state index in [0.29, 0.717) is 6.61 Å². The van der Waals surface area contributed by atoms with Crippen molar-refractivity contribution in [3.63, 3.8) is 0 Å². The third-order valence-corrected chi connectivity index (χ3v) is 2.34. The molecule has 5 heteroatoms. The maximum absolute atomic E-state index is 5.15. The molecule has 1 aromatic rings. The van der Waals surface area contributed by atoms with Crippen LogP contribution in [0.3, 0.4) is 0 Å². The fraction of sp³-hybridized carbons (Fsp3) is 0.667. The quantitative estimate of drug-likeness (QED) is 0.843. The Morgan fingerprint density at radius 2 is 2.50 bits per heavy atom. The van der Waals surface area contributed by atoms with Crippen LogP contribution in [0.25, 0.3) is 0 Å². The van der Waals surface area contributed by atoms with Crippen molar-refractivity contribution >= 4 is 15.9 Å². The van der Waals surface area contributed by atoms with E-state index in [4.69, 9.17) is 4.74 Å². The van der Waals surface area contributed by atoms with Gasteiger partial charge in [-0.1, -0.05) is 6.92 Å². The number of hydrogen-bond acceptors (Lipinski definition) is 3. The zero-order valence-electron chi connectivity index (χ0n) is 8.53. The molecule has 0 aromatic carbocycles. The Morgan fingerprint density at radius 3 is 3.00 bits per heavy atom. The number of nitrogens with zero attached hydrogens (tertiary/aromatic N) is 2. The van der Waals surface area contributed by atoms with Gasteiger partial charge in [-0.2, -0.15) is 5.10 Å². The van der Waals surface area contributed by atoms with Gasteiger partial charge in [-0.3, -0.25) is 4.68 Å². The van der Waals surface area contributed by atoms with Crippen LogP contribution in [0.1, 0.15) is 13.0 Å². The van der Waals surface area contributed by atoms with E-state index >= 15 is 0 Å². The molecule has 0 radical (unpaired) electrons. The summed E-state index contributed by atoms with van der Waals surface area (Å²) in [7, 11) is 1.71. The second-order valence-corrected chi connectivity index (χ2v) is 3.97. The third kappa shape index (κ3) is 3.40. The van der Waals surface area contributed by atoms with Crippen LogP contribution in [0.2, 0.25) is 0 Å². The molecule has 1 N–H and O–H groups in total. The van der Waals surface area contributed by atoms with Crippen LogP contribution in [0.4, 0.5) is 0 Å². The summed E-state index contributed by atoms with van der Waals surface area (Å²) in [6.45, 7) is 4.59. The number of nitrogens with one attached hydrogen (secondary N) is 1. The van der Waals surface area contributed by atoms with Crippen molar-refractivity contribution in [3.05, 3.63) is 16.9 Å². The highest BCUT2D eigenvalue weighted by atomic mass is 79.9. The number of methoxy groups -OCH3 is 1. The van der Waals surface area contributed by atoms with Crippen LogP contribution in [-0.4, -0.2) is 36.6 Å². The van der Waals surface area contributed by atoms with Gasteiger partial charge in [0.25, 0.3) is 0 Å². The van der Waals surface area contributed by atoms with Gasteiger partial charge < -0.3 is 10.1 Å². The molecular formula is C9H16BrN3O. The second-order valence-electron chi connectivity index (χ2n) is 3.06. The lowest BCUT2D eigenvalue weighted by atomic mass is 10.3. The fourth-order valence-corrected chi connectivity index (χ4v) is 1.55. The van der Waals surface area contributed by atoms with Gasteiger partial charge in [-0.05, 0) is 22.5 Å². The molecule has 0 fully saturated rings. The molecule has 1 rings (SSSR count). The van der Waals surface area contributed by atoms with Gasteiger partial charge in [0.05, 0.1) is 23.3 Å². The Kier molecular flexibility index (Phi) is 5.14. The van der Waals surface area contributed by atoms with Gasteiger partial charge in [0, 0.05) is 19.9 Å². The van der Waals surface area contributed by atoms with Crippen molar-refractivity contribution < 1.29 is 4.74 Å². The molecule has 0 bridgehead atoms. The summed E-state index contributed by atoms with van der Waals surface area (Å²) in [4.78, 5) is 0. The number of rotatable bonds is 6. The zero-order chi connectivity index (χ0) is 10.4. The first-order valence-electron chi connectivity index (χ1n) is 4.67. The first-order chi connectivity index (χ1) is 6.77. The molecule has 0 spiro atoms. The third-order valence-electron chi connectivity index (χ3n) is 1.93. The molecule has 0 amide bonds. The van der Waals surface area contributed by atoms with Gasteiger partial charge in [-0.15, -0.1) is 0 Å². The van der Waals surface area contributed by atoms with E-state index in [1.807, 2.05) is 10.9 Å². The summed E-state index contributed by atoms with van der Waals surface area (Å²) < 4.78 is 8.06. The number of ether oxygens (including phenoxy) is 1. The number of hydrogen-bond donors (Lipinski definition) is 1. The molecule has 0 aliphatic carbocycles. The lowest BCUT2D eigenvalue weighted by Crippen LogP contribution is -2.28. The fourth-order valence-electron chi connectivity index (χ4n) is 1.25. The molecule has 0 aliphatic rings. The van der Waals surface area contributed by atoms with Crippen molar-refractivity contribution in [2.45, 2.75) is 13.0 Å². The van der Waals surface area contributed by atoms with E-state index in [2.05, 4.69) is 33.3 Å². The van der Waals surface area contributed by atoms with Crippen LogP contribution in [0, 0.1) is 0 Å². The molecule has 1 aromatic heterocycles. The largest absolute Gasteiger partial charge is 0.382 e. The average molecular weight is 262 g/mol. The molecule has 1 heterocycles. The summed E-state index contributed by atoms with van der Waals surface area (Å²) >= 11 is 3.38. The van der Waals surface area contributed by atoms with E-state index in [1.54, 1.807) is 13.3 Å². The normalized spacial score (nSPS) is 13.1. The van der Waals surface area contributed by atoms with E-state index in [9.17, 15) is 0 Å². The van der Waals surface area contributed by atoms with Gasteiger partial charge in [0.15, 0.2) is 0 Å². The van der Waals surface area contributed by atoms with Gasteiger partial charge in [0.1, 0.15) is 0 Å². The maximum Gasteiger partial charge on any atom is 0.0876 e. The van der Waals surface area contributed by atoms with Crippen LogP contribution in [-0.2, 0) is 4.74 Å². The maximum atomic E-state index is 5.15. The molecular weight excluding hydrogens is 246 g/mol. The Hall–Kier alpha value is -0.390. The first kappa shape index (κ1) is 11.7. The Labute approximate surface area is 92.8 Å². The molecule has 14 heavy (non-hydrogen) atoms. The Balaban J connectivity index is 2.57. The highest BCUT2D eigenvalue weighted by Crippen LogP contribution is 2.11. The second kappa shape index (κ2) is 6.16. The summed E-state index contributed by atoms with van der Waals surface area (Å²) in [6, 6.07) is 0.256. The summed E-state index contributed by atoms with van der Waals surface area (Å²) in [5, 5.41) is 7.52. The molecule has 0 aliphatic heterocycles. The number of likely N-dealkylation sites (N-methyl/N-ethyl adjacent to an activating group) is 1. The van der Waals surface area contributed by atoms with Crippen molar-refractivity contribution in [3.8, 4) is 0 Å². The van der Waals surface area contributed by atoms with E-state index < -0.39 is 0 Å². The van der Waals surface area contributed by atoms with Crippen molar-refractivity contribution in [2.24, 2.45) is 0 Å². The summed E-state index contributed by atoms with van der Waals surface area (Å²) in [5.41, 5.74) is 0. The van der Waals surface area contributed by atoms with E-state index in [-0.39, 0.29) is 6.04 Å². The highest BCUT2D eigenvalue weighted by Gasteiger charge is 2.10. The van der Waals surface area contributed by atoms with Crippen LogP contribution in [0.15, 0.2) is 16.9 Å². The zero-order valence-corrected chi connectivity index (χ0v) is 10.1. The Morgan fingerprint density at radius 1 is 1.71 bits per heavy atom. The van der Waals surface area contributed by atoms with Gasteiger partial charge >= 0.3 is 0 Å². The van der Waals surface area contributed by atoms with Gasteiger partial charge in [0.2, 0.25) is 0 Å². The topological polar surface area (TPSA) is 39.1 Å². The molecule has 0 saturated carbocycles. The van der Waals surface area contributed by atoms with Crippen molar-refractivity contribution in [2.75, 3.05) is 26.8 Å². The summed E-state index contributed by atoms with van der Waals surface area (Å²) in [5.74, 6) is 0. The predicted octanol–water partition coefficient (Wildman–Crippen LogP) is 1.44. The van der Waals surface area contributed by atoms with E-state index in [1.165, 1.54) is 0 Å². The molecule has 80 valence electrons. The first-order valence-corrected chi connectivity index (χ1v) is 5.46. The number of aromatic nitrogens is 2. The molecule has 4 nitrogen and oxygen atoms in total. The van der Waals surface area contributed by atoms with Crippen molar-refractivity contribution in [1.82, 2.24) is 15.1 Å². The summed E-state index contributed by atoms with van der Waals surface area (Å²) in [6.07, 6.45) is 3.75. The minimum Gasteiger partial charge on any atom is -0.382 e. The smallest absolute Gasteiger partial charge is 0.0876 e. The number of halogens is 1. The van der Waals surface area contributed by atoms with Crippen LogP contribution in [0.5, 0.6) is 0 Å². The minimum absolute atomic E-state index is 0.256. The minimum atomic E-state index is 0.256. The molecule has 1 unspecified atom stereocenters. The molecule has 0 saturated heterocycles. The van der Waals surface area contributed by atoms with Crippen LogP contribution < -0.4 is 5.32 Å². The van der Waals surface area contributed by atoms with Gasteiger partial charge in [-0.25, -0.2) is 0 Å². The Bertz CT molecular complexity index is 264. The predicted molar refractivity (Wildman–Crippen MR) is 59.4 cm³/mol. The SMILES string of the molecule is CCNCC(COC)n1cc(Br)cn1. The lowest BCUT2D eigenvalue weighted by molar-refractivity contribution is 0.148. The monoisotopic (exact) mass is 261 g/mol.